The van der Waals surface area contributed by atoms with Crippen molar-refractivity contribution in [3.63, 3.8) is 0 Å². The number of rotatable bonds is 2. The van der Waals surface area contributed by atoms with Gasteiger partial charge in [0.15, 0.2) is 0 Å². The number of anilines is 2. The van der Waals surface area contributed by atoms with Gasteiger partial charge in [-0.05, 0) is 56.9 Å². The Bertz CT molecular complexity index is 856. The molecule has 0 atom stereocenters. The molecule has 0 aliphatic carbocycles. The third kappa shape index (κ3) is 5.66. The minimum absolute atomic E-state index is 0.0923. The summed E-state index contributed by atoms with van der Waals surface area (Å²) in [6.45, 7) is 6.87. The molecule has 0 bridgehead atoms. The molecule has 2 N–H and O–H groups in total. The van der Waals surface area contributed by atoms with Gasteiger partial charge in [-0.2, -0.15) is 0 Å². The van der Waals surface area contributed by atoms with Gasteiger partial charge in [-0.1, -0.05) is 12.1 Å². The molecule has 0 fully saturated rings. The Labute approximate surface area is 170 Å². The number of alkyl carbamates (subject to hydrolysis) is 1. The fourth-order valence-electron chi connectivity index (χ4n) is 3.12. The van der Waals surface area contributed by atoms with E-state index in [1.54, 1.807) is 31.9 Å². The van der Waals surface area contributed by atoms with E-state index in [9.17, 15) is 9.59 Å². The SMILES string of the molecule is CC(C)(C)OC(=O)NCC(=O)N1CCc2cccnc21.c1cnc2c(c1)CCN2. The minimum Gasteiger partial charge on any atom is -0.444 e. The molecule has 2 amide bonds. The van der Waals surface area contributed by atoms with Crippen molar-refractivity contribution in [2.75, 3.05) is 29.9 Å². The summed E-state index contributed by atoms with van der Waals surface area (Å²) < 4.78 is 5.08. The lowest BCUT2D eigenvalue weighted by atomic mass is 10.2. The topological polar surface area (TPSA) is 96.5 Å². The summed E-state index contributed by atoms with van der Waals surface area (Å²) in [6, 6.07) is 7.90. The smallest absolute Gasteiger partial charge is 0.408 e. The monoisotopic (exact) mass is 397 g/mol. The standard InChI is InChI=1S/C14H19N3O3.C7H8N2/c1-14(2,3)20-13(19)16-9-11(18)17-8-6-10-5-4-7-15-12(10)17;1-2-6-3-5-9-7(6)8-4-1/h4-5,7H,6,8-9H2,1-3H3,(H,16,19);1-2,4H,3,5H2,(H,8,9). The van der Waals surface area contributed by atoms with E-state index in [0.29, 0.717) is 12.4 Å². The fourth-order valence-corrected chi connectivity index (χ4v) is 3.12. The number of fused-ring (bicyclic) bond motifs is 2. The largest absolute Gasteiger partial charge is 0.444 e. The molecular formula is C21H27N5O3. The Hall–Kier alpha value is -3.16. The molecule has 154 valence electrons. The van der Waals surface area contributed by atoms with E-state index in [-0.39, 0.29) is 12.5 Å². The zero-order valence-corrected chi connectivity index (χ0v) is 17.1. The maximum atomic E-state index is 12.1. The molecule has 2 aliphatic rings. The van der Waals surface area contributed by atoms with E-state index >= 15 is 0 Å². The summed E-state index contributed by atoms with van der Waals surface area (Å²) in [5.74, 6) is 1.56. The lowest BCUT2D eigenvalue weighted by Gasteiger charge is -2.20. The zero-order chi connectivity index (χ0) is 20.9. The molecule has 8 nitrogen and oxygen atoms in total. The first kappa shape index (κ1) is 20.6. The molecule has 0 aromatic carbocycles. The molecule has 2 aromatic rings. The van der Waals surface area contributed by atoms with Crippen LogP contribution in [0.1, 0.15) is 31.9 Å². The van der Waals surface area contributed by atoms with Crippen LogP contribution < -0.4 is 15.5 Å². The quantitative estimate of drug-likeness (QED) is 0.808. The number of ether oxygens (including phenoxy) is 1. The van der Waals surface area contributed by atoms with Crippen LogP contribution in [-0.4, -0.2) is 47.2 Å². The van der Waals surface area contributed by atoms with E-state index in [1.165, 1.54) is 5.56 Å². The van der Waals surface area contributed by atoms with E-state index in [1.807, 2.05) is 24.4 Å². The van der Waals surface area contributed by atoms with Gasteiger partial charge >= 0.3 is 6.09 Å². The van der Waals surface area contributed by atoms with Gasteiger partial charge in [-0.25, -0.2) is 14.8 Å². The maximum absolute atomic E-state index is 12.1. The number of hydrogen-bond acceptors (Lipinski definition) is 6. The van der Waals surface area contributed by atoms with Gasteiger partial charge in [0.05, 0.1) is 0 Å². The third-order valence-corrected chi connectivity index (χ3v) is 4.39. The Morgan fingerprint density at radius 1 is 1.14 bits per heavy atom. The first-order valence-corrected chi connectivity index (χ1v) is 9.72. The van der Waals surface area contributed by atoms with Crippen molar-refractivity contribution in [2.45, 2.75) is 39.2 Å². The van der Waals surface area contributed by atoms with Crippen LogP contribution in [-0.2, 0) is 22.4 Å². The van der Waals surface area contributed by atoms with Gasteiger partial charge in [0.1, 0.15) is 23.8 Å². The zero-order valence-electron chi connectivity index (χ0n) is 17.1. The number of nitrogens with one attached hydrogen (secondary N) is 2. The molecule has 29 heavy (non-hydrogen) atoms. The predicted octanol–water partition coefficient (Wildman–Crippen LogP) is 2.54. The van der Waals surface area contributed by atoms with Crippen LogP contribution in [0, 0.1) is 0 Å². The summed E-state index contributed by atoms with van der Waals surface area (Å²) in [7, 11) is 0. The Kier molecular flexibility index (Phi) is 6.31. The van der Waals surface area contributed by atoms with Gasteiger partial charge in [0, 0.05) is 25.5 Å². The highest BCUT2D eigenvalue weighted by Crippen LogP contribution is 2.24. The normalized spacial score (nSPS) is 14.1. The molecule has 4 heterocycles. The van der Waals surface area contributed by atoms with E-state index in [0.717, 1.165) is 30.8 Å². The highest BCUT2D eigenvalue weighted by molar-refractivity contribution is 5.96. The van der Waals surface area contributed by atoms with Gasteiger partial charge in [-0.3, -0.25) is 9.69 Å². The summed E-state index contributed by atoms with van der Waals surface area (Å²) in [5.41, 5.74) is 1.82. The summed E-state index contributed by atoms with van der Waals surface area (Å²) in [4.78, 5) is 33.5. The van der Waals surface area contributed by atoms with Crippen molar-refractivity contribution in [3.8, 4) is 0 Å². The summed E-state index contributed by atoms with van der Waals surface area (Å²) in [5, 5.41) is 5.66. The van der Waals surface area contributed by atoms with Crippen molar-refractivity contribution in [1.82, 2.24) is 15.3 Å². The van der Waals surface area contributed by atoms with Gasteiger partial charge < -0.3 is 15.4 Å². The van der Waals surface area contributed by atoms with E-state index in [2.05, 4.69) is 26.7 Å². The number of aromatic nitrogens is 2. The third-order valence-electron chi connectivity index (χ3n) is 4.39. The number of amides is 2. The highest BCUT2D eigenvalue weighted by atomic mass is 16.6. The van der Waals surface area contributed by atoms with Crippen LogP contribution >= 0.6 is 0 Å². The number of carbonyl (C=O) groups is 2. The van der Waals surface area contributed by atoms with E-state index < -0.39 is 11.7 Å². The van der Waals surface area contributed by atoms with Crippen LogP contribution in [0.3, 0.4) is 0 Å². The highest BCUT2D eigenvalue weighted by Gasteiger charge is 2.26. The number of carbonyl (C=O) groups excluding carboxylic acids is 2. The second-order valence-corrected chi connectivity index (χ2v) is 7.82. The predicted molar refractivity (Wildman–Crippen MR) is 111 cm³/mol. The Balaban J connectivity index is 0.000000220. The Morgan fingerprint density at radius 2 is 1.86 bits per heavy atom. The van der Waals surface area contributed by atoms with Crippen LogP contribution in [0.5, 0.6) is 0 Å². The van der Waals surface area contributed by atoms with Gasteiger partial charge in [0.25, 0.3) is 0 Å². The molecule has 0 saturated carbocycles. The van der Waals surface area contributed by atoms with Crippen molar-refractivity contribution in [1.29, 1.82) is 0 Å². The Morgan fingerprint density at radius 3 is 2.59 bits per heavy atom. The molecule has 8 heteroatoms. The average molecular weight is 397 g/mol. The van der Waals surface area contributed by atoms with Crippen LogP contribution in [0.25, 0.3) is 0 Å². The van der Waals surface area contributed by atoms with Crippen LogP contribution in [0.4, 0.5) is 16.4 Å². The number of nitrogens with zero attached hydrogens (tertiary/aromatic N) is 3. The molecule has 2 aromatic heterocycles. The second-order valence-electron chi connectivity index (χ2n) is 7.82. The average Bonchev–Trinajstić information content (AvgIpc) is 3.32. The van der Waals surface area contributed by atoms with Crippen LogP contribution in [0.15, 0.2) is 36.7 Å². The van der Waals surface area contributed by atoms with Crippen LogP contribution in [0.2, 0.25) is 0 Å². The maximum Gasteiger partial charge on any atom is 0.408 e. The van der Waals surface area contributed by atoms with Crippen molar-refractivity contribution in [2.24, 2.45) is 0 Å². The fraction of sp³-hybridized carbons (Fsp3) is 0.429. The first-order valence-electron chi connectivity index (χ1n) is 9.72. The lowest BCUT2D eigenvalue weighted by molar-refractivity contribution is -0.117. The van der Waals surface area contributed by atoms with Crippen molar-refractivity contribution in [3.05, 3.63) is 47.8 Å². The number of pyridine rings is 2. The van der Waals surface area contributed by atoms with Crippen molar-refractivity contribution < 1.29 is 14.3 Å². The molecule has 2 aliphatic heterocycles. The summed E-state index contributed by atoms with van der Waals surface area (Å²) in [6.07, 6.45) is 4.80. The molecule has 0 spiro atoms. The summed E-state index contributed by atoms with van der Waals surface area (Å²) >= 11 is 0. The lowest BCUT2D eigenvalue weighted by Crippen LogP contribution is -2.41. The molecule has 0 saturated heterocycles. The second kappa shape index (κ2) is 8.89. The molecular weight excluding hydrogens is 370 g/mol. The molecule has 0 radical (unpaired) electrons. The molecule has 0 unspecified atom stereocenters. The van der Waals surface area contributed by atoms with Gasteiger partial charge in [0.2, 0.25) is 5.91 Å². The first-order chi connectivity index (χ1) is 13.8. The van der Waals surface area contributed by atoms with Crippen molar-refractivity contribution >= 4 is 23.6 Å². The van der Waals surface area contributed by atoms with E-state index in [4.69, 9.17) is 4.74 Å². The minimum atomic E-state index is -0.591. The molecule has 4 rings (SSSR count). The number of hydrogen-bond donors (Lipinski definition) is 2. The van der Waals surface area contributed by atoms with Gasteiger partial charge in [-0.15, -0.1) is 0 Å².